The van der Waals surface area contributed by atoms with Crippen LogP contribution in [0.4, 0.5) is 5.13 Å². The molecule has 2 N–H and O–H groups in total. The van der Waals surface area contributed by atoms with Crippen LogP contribution < -0.4 is 15.4 Å². The number of nitrogens with zero attached hydrogens (tertiary/aromatic N) is 2. The first-order valence-electron chi connectivity index (χ1n) is 11.2. The highest BCUT2D eigenvalue weighted by atomic mass is 32.1. The minimum atomic E-state index is -0.702. The second kappa shape index (κ2) is 12.1. The molecule has 0 saturated carbocycles. The molecule has 0 aliphatic rings. The Morgan fingerprint density at radius 2 is 1.76 bits per heavy atom. The summed E-state index contributed by atoms with van der Waals surface area (Å²) in [6.45, 7) is 6.67. The number of aromatic nitrogens is 2. The molecule has 0 fully saturated rings. The summed E-state index contributed by atoms with van der Waals surface area (Å²) in [6.07, 6.45) is 2.77. The van der Waals surface area contributed by atoms with Crippen molar-refractivity contribution in [2.75, 3.05) is 11.9 Å². The zero-order valence-corrected chi connectivity index (χ0v) is 20.0. The standard InChI is InChI=1S/C25H30N4O3S/c1-4-6-16-32-20-14-12-18(13-15-20)22(30)26-21(17(3)5-2)23(31)27-25-29-28-24(33-25)19-10-8-7-9-11-19/h7-15,17,21H,4-6,16H2,1-3H3,(H,26,30)(H,27,29,31). The van der Waals surface area contributed by atoms with Crippen LogP contribution >= 0.6 is 11.3 Å². The molecule has 7 nitrogen and oxygen atoms in total. The molecule has 3 rings (SSSR count). The number of hydrogen-bond donors (Lipinski definition) is 2. The zero-order chi connectivity index (χ0) is 23.6. The van der Waals surface area contributed by atoms with Crippen LogP contribution in [0.15, 0.2) is 54.6 Å². The van der Waals surface area contributed by atoms with E-state index in [1.807, 2.05) is 44.2 Å². The van der Waals surface area contributed by atoms with Gasteiger partial charge in [-0.3, -0.25) is 14.9 Å². The number of anilines is 1. The molecule has 2 unspecified atom stereocenters. The van der Waals surface area contributed by atoms with E-state index in [2.05, 4.69) is 27.8 Å². The minimum Gasteiger partial charge on any atom is -0.494 e. The highest BCUT2D eigenvalue weighted by Gasteiger charge is 2.27. The van der Waals surface area contributed by atoms with Gasteiger partial charge in [0.2, 0.25) is 11.0 Å². The molecule has 3 aromatic rings. The van der Waals surface area contributed by atoms with Crippen molar-refractivity contribution in [2.45, 2.75) is 46.1 Å². The van der Waals surface area contributed by atoms with Crippen molar-refractivity contribution in [3.05, 3.63) is 60.2 Å². The highest BCUT2D eigenvalue weighted by molar-refractivity contribution is 7.18. The average molecular weight is 467 g/mol. The Bertz CT molecular complexity index is 1040. The zero-order valence-electron chi connectivity index (χ0n) is 19.2. The smallest absolute Gasteiger partial charge is 0.251 e. The summed E-state index contributed by atoms with van der Waals surface area (Å²) in [5.74, 6) is 0.0413. The van der Waals surface area contributed by atoms with Crippen molar-refractivity contribution in [2.24, 2.45) is 5.92 Å². The predicted octanol–water partition coefficient (Wildman–Crippen LogP) is 5.17. The molecule has 1 heterocycles. The Morgan fingerprint density at radius 3 is 2.42 bits per heavy atom. The Kier molecular flexibility index (Phi) is 8.95. The summed E-state index contributed by atoms with van der Waals surface area (Å²) in [7, 11) is 0. The Morgan fingerprint density at radius 1 is 1.03 bits per heavy atom. The maximum Gasteiger partial charge on any atom is 0.251 e. The lowest BCUT2D eigenvalue weighted by atomic mass is 9.98. The van der Waals surface area contributed by atoms with E-state index in [0.29, 0.717) is 17.3 Å². The Hall–Kier alpha value is -3.26. The number of amides is 2. The van der Waals surface area contributed by atoms with Crippen molar-refractivity contribution in [1.82, 2.24) is 15.5 Å². The molecule has 174 valence electrons. The van der Waals surface area contributed by atoms with E-state index in [1.54, 1.807) is 24.3 Å². The molecule has 2 atom stereocenters. The number of carbonyl (C=O) groups excluding carboxylic acids is 2. The molecule has 33 heavy (non-hydrogen) atoms. The fourth-order valence-electron chi connectivity index (χ4n) is 3.12. The summed E-state index contributed by atoms with van der Waals surface area (Å²) in [5, 5.41) is 15.1. The van der Waals surface area contributed by atoms with Gasteiger partial charge in [0, 0.05) is 11.1 Å². The van der Waals surface area contributed by atoms with E-state index < -0.39 is 6.04 Å². The monoisotopic (exact) mass is 466 g/mol. The van der Waals surface area contributed by atoms with Crippen LogP contribution in [0.2, 0.25) is 0 Å². The van der Waals surface area contributed by atoms with E-state index in [0.717, 1.165) is 35.6 Å². The van der Waals surface area contributed by atoms with Crippen LogP contribution in [-0.4, -0.2) is 34.7 Å². The van der Waals surface area contributed by atoms with Crippen LogP contribution in [-0.2, 0) is 4.79 Å². The fourth-order valence-corrected chi connectivity index (χ4v) is 3.87. The van der Waals surface area contributed by atoms with Crippen LogP contribution in [0.25, 0.3) is 10.6 Å². The number of rotatable bonds is 11. The second-order valence-corrected chi connectivity index (χ2v) is 8.81. The molecule has 2 amide bonds. The molecule has 8 heteroatoms. The third-order valence-corrected chi connectivity index (χ3v) is 6.23. The first kappa shape index (κ1) is 24.4. The Labute approximate surface area is 198 Å². The van der Waals surface area contributed by atoms with Gasteiger partial charge in [-0.15, -0.1) is 10.2 Å². The lowest BCUT2D eigenvalue weighted by Crippen LogP contribution is -2.47. The SMILES string of the molecule is CCCCOc1ccc(C(=O)NC(C(=O)Nc2nnc(-c3ccccc3)s2)C(C)CC)cc1. The van der Waals surface area contributed by atoms with Gasteiger partial charge in [-0.2, -0.15) is 0 Å². The third-order valence-electron chi connectivity index (χ3n) is 5.34. The van der Waals surface area contributed by atoms with Crippen LogP contribution in [0.1, 0.15) is 50.4 Å². The summed E-state index contributed by atoms with van der Waals surface area (Å²) < 4.78 is 5.65. The van der Waals surface area contributed by atoms with Gasteiger partial charge in [-0.05, 0) is 36.6 Å². The van der Waals surface area contributed by atoms with E-state index >= 15 is 0 Å². The predicted molar refractivity (Wildman–Crippen MR) is 132 cm³/mol. The van der Waals surface area contributed by atoms with Crippen molar-refractivity contribution in [1.29, 1.82) is 0 Å². The van der Waals surface area contributed by atoms with Crippen molar-refractivity contribution < 1.29 is 14.3 Å². The topological polar surface area (TPSA) is 93.2 Å². The number of carbonyl (C=O) groups is 2. The number of unbranched alkanes of at least 4 members (excludes halogenated alkanes) is 1. The molecule has 0 bridgehead atoms. The molecule has 1 aromatic heterocycles. The summed E-state index contributed by atoms with van der Waals surface area (Å²) >= 11 is 1.30. The third kappa shape index (κ3) is 6.86. The molecule has 2 aromatic carbocycles. The van der Waals surface area contributed by atoms with Gasteiger partial charge in [-0.25, -0.2) is 0 Å². The van der Waals surface area contributed by atoms with Crippen LogP contribution in [0, 0.1) is 5.92 Å². The molecule has 0 aliphatic heterocycles. The van der Waals surface area contributed by atoms with Gasteiger partial charge in [-0.1, -0.05) is 75.3 Å². The number of hydrogen-bond acceptors (Lipinski definition) is 6. The first-order chi connectivity index (χ1) is 16.0. The van der Waals surface area contributed by atoms with Gasteiger partial charge < -0.3 is 10.1 Å². The van der Waals surface area contributed by atoms with Gasteiger partial charge in [0.05, 0.1) is 6.61 Å². The maximum atomic E-state index is 13.0. The van der Waals surface area contributed by atoms with Gasteiger partial charge >= 0.3 is 0 Å². The molecule has 0 saturated heterocycles. The lowest BCUT2D eigenvalue weighted by Gasteiger charge is -2.23. The number of ether oxygens (including phenoxy) is 1. The average Bonchev–Trinajstić information content (AvgIpc) is 3.31. The normalized spacial score (nSPS) is 12.6. The summed E-state index contributed by atoms with van der Waals surface area (Å²) in [5.41, 5.74) is 1.41. The van der Waals surface area contributed by atoms with E-state index in [4.69, 9.17) is 4.74 Å². The van der Waals surface area contributed by atoms with Crippen molar-refractivity contribution >= 4 is 28.3 Å². The Balaban J connectivity index is 1.65. The van der Waals surface area contributed by atoms with Gasteiger partial charge in [0.15, 0.2) is 0 Å². The molecule has 0 radical (unpaired) electrons. The van der Waals surface area contributed by atoms with Gasteiger partial charge in [0.1, 0.15) is 16.8 Å². The van der Waals surface area contributed by atoms with Crippen LogP contribution in [0.3, 0.4) is 0 Å². The molecular weight excluding hydrogens is 436 g/mol. The molecular formula is C25H30N4O3S. The van der Waals surface area contributed by atoms with Crippen LogP contribution in [0.5, 0.6) is 5.75 Å². The molecule has 0 spiro atoms. The second-order valence-electron chi connectivity index (χ2n) is 7.83. The van der Waals surface area contributed by atoms with E-state index in [9.17, 15) is 9.59 Å². The first-order valence-corrected chi connectivity index (χ1v) is 12.1. The van der Waals surface area contributed by atoms with Crippen molar-refractivity contribution in [3.63, 3.8) is 0 Å². The quantitative estimate of drug-likeness (QED) is 0.381. The van der Waals surface area contributed by atoms with Crippen molar-refractivity contribution in [3.8, 4) is 16.3 Å². The van der Waals surface area contributed by atoms with E-state index in [1.165, 1.54) is 11.3 Å². The van der Waals surface area contributed by atoms with E-state index in [-0.39, 0.29) is 17.7 Å². The minimum absolute atomic E-state index is 0.0629. The number of benzene rings is 2. The lowest BCUT2D eigenvalue weighted by molar-refractivity contribution is -0.119. The van der Waals surface area contributed by atoms with Gasteiger partial charge in [0.25, 0.3) is 5.91 Å². The fraction of sp³-hybridized carbons (Fsp3) is 0.360. The maximum absolute atomic E-state index is 13.0. The summed E-state index contributed by atoms with van der Waals surface area (Å²) in [6, 6.07) is 15.9. The largest absolute Gasteiger partial charge is 0.494 e. The highest BCUT2D eigenvalue weighted by Crippen LogP contribution is 2.26. The molecule has 0 aliphatic carbocycles. The summed E-state index contributed by atoms with van der Waals surface area (Å²) in [4.78, 5) is 25.9. The number of nitrogens with one attached hydrogen (secondary N) is 2.